The topological polar surface area (TPSA) is 29.3 Å². The predicted molar refractivity (Wildman–Crippen MR) is 43.9 cm³/mol. The summed E-state index contributed by atoms with van der Waals surface area (Å²) in [6.45, 7) is 6.59. The largest absolute Gasteiger partial charge is 0.324 e. The minimum absolute atomic E-state index is 0.0590. The zero-order chi connectivity index (χ0) is 7.78. The molecule has 0 aromatic heterocycles. The van der Waals surface area contributed by atoms with E-state index >= 15 is 0 Å². The second-order valence-corrected chi connectivity index (χ2v) is 3.81. The van der Waals surface area contributed by atoms with Gasteiger partial charge in [-0.2, -0.15) is 0 Å². The summed E-state index contributed by atoms with van der Waals surface area (Å²) < 4.78 is 0. The van der Waals surface area contributed by atoms with Crippen LogP contribution < -0.4 is 5.73 Å². The maximum atomic E-state index is 6.08. The van der Waals surface area contributed by atoms with Crippen LogP contribution in [-0.2, 0) is 0 Å². The number of likely N-dealkylation sites (N-methyl/N-ethyl adjacent to an activating group) is 1. The summed E-state index contributed by atoms with van der Waals surface area (Å²) in [7, 11) is 2.14. The van der Waals surface area contributed by atoms with Gasteiger partial charge in [-0.1, -0.05) is 13.3 Å². The highest BCUT2D eigenvalue weighted by Gasteiger charge is 2.36. The molecule has 1 aliphatic rings. The minimum Gasteiger partial charge on any atom is -0.324 e. The normalized spacial score (nSPS) is 42.6. The van der Waals surface area contributed by atoms with Gasteiger partial charge in [0.1, 0.15) is 0 Å². The first-order valence-corrected chi connectivity index (χ1v) is 4.03. The van der Waals surface area contributed by atoms with Crippen molar-refractivity contribution in [2.75, 3.05) is 20.1 Å². The Morgan fingerprint density at radius 2 is 2.30 bits per heavy atom. The quantitative estimate of drug-likeness (QED) is 0.583. The lowest BCUT2D eigenvalue weighted by Gasteiger charge is -2.24. The fourth-order valence-corrected chi connectivity index (χ4v) is 1.96. The number of hydrogen-bond donors (Lipinski definition) is 1. The molecule has 2 heteroatoms. The van der Waals surface area contributed by atoms with Crippen LogP contribution in [0.15, 0.2) is 0 Å². The van der Waals surface area contributed by atoms with E-state index in [4.69, 9.17) is 5.73 Å². The van der Waals surface area contributed by atoms with Crippen molar-refractivity contribution in [2.24, 2.45) is 11.7 Å². The molecule has 0 saturated carbocycles. The third-order valence-electron chi connectivity index (χ3n) is 2.57. The Balaban J connectivity index is 2.58. The van der Waals surface area contributed by atoms with Gasteiger partial charge in [0, 0.05) is 18.6 Å². The molecular formula is C8H18N2. The van der Waals surface area contributed by atoms with E-state index in [1.165, 1.54) is 13.0 Å². The average Bonchev–Trinajstić information content (AvgIpc) is 2.04. The van der Waals surface area contributed by atoms with Gasteiger partial charge in [0.2, 0.25) is 0 Å². The lowest BCUT2D eigenvalue weighted by molar-refractivity contribution is 0.364. The van der Waals surface area contributed by atoms with Crippen molar-refractivity contribution in [3.05, 3.63) is 0 Å². The highest BCUT2D eigenvalue weighted by molar-refractivity contribution is 4.95. The Labute approximate surface area is 63.4 Å². The van der Waals surface area contributed by atoms with Gasteiger partial charge in [-0.15, -0.1) is 0 Å². The molecule has 1 aliphatic heterocycles. The summed E-state index contributed by atoms with van der Waals surface area (Å²) in [5, 5.41) is 0. The molecule has 1 rings (SSSR count). The lowest BCUT2D eigenvalue weighted by atomic mass is 9.88. The molecule has 0 spiro atoms. The Kier molecular flexibility index (Phi) is 2.02. The van der Waals surface area contributed by atoms with Crippen LogP contribution in [0, 0.1) is 5.92 Å². The molecule has 0 bridgehead atoms. The van der Waals surface area contributed by atoms with Crippen LogP contribution in [-0.4, -0.2) is 30.6 Å². The van der Waals surface area contributed by atoms with Crippen LogP contribution in [0.4, 0.5) is 0 Å². The van der Waals surface area contributed by atoms with Crippen molar-refractivity contribution in [2.45, 2.75) is 25.8 Å². The van der Waals surface area contributed by atoms with Crippen molar-refractivity contribution in [1.82, 2.24) is 4.90 Å². The van der Waals surface area contributed by atoms with Gasteiger partial charge in [0.25, 0.3) is 0 Å². The standard InChI is InChI=1S/C8H18N2/c1-4-7-5-10(3)6-8(7,2)9/h7H,4-6,9H2,1-3H3/t7-,8+/m1/s1. The van der Waals surface area contributed by atoms with E-state index in [2.05, 4.69) is 25.8 Å². The van der Waals surface area contributed by atoms with Crippen molar-refractivity contribution in [1.29, 1.82) is 0 Å². The molecule has 0 aliphatic carbocycles. The van der Waals surface area contributed by atoms with Crippen molar-refractivity contribution < 1.29 is 0 Å². The summed E-state index contributed by atoms with van der Waals surface area (Å²) in [5.74, 6) is 0.692. The number of nitrogens with zero attached hydrogens (tertiary/aromatic N) is 1. The third-order valence-corrected chi connectivity index (χ3v) is 2.57. The molecule has 0 aromatic carbocycles. The van der Waals surface area contributed by atoms with Crippen LogP contribution in [0.1, 0.15) is 20.3 Å². The Hall–Kier alpha value is -0.0800. The minimum atomic E-state index is 0.0590. The van der Waals surface area contributed by atoms with E-state index in [1.54, 1.807) is 0 Å². The van der Waals surface area contributed by atoms with Crippen LogP contribution in [0.25, 0.3) is 0 Å². The Morgan fingerprint density at radius 3 is 2.50 bits per heavy atom. The molecule has 60 valence electrons. The summed E-state index contributed by atoms with van der Waals surface area (Å²) in [5.41, 5.74) is 6.14. The monoisotopic (exact) mass is 142 g/mol. The maximum Gasteiger partial charge on any atom is 0.0295 e. The van der Waals surface area contributed by atoms with Crippen LogP contribution in [0.2, 0.25) is 0 Å². The molecule has 2 atom stereocenters. The summed E-state index contributed by atoms with van der Waals surface area (Å²) in [6.07, 6.45) is 1.21. The Bertz CT molecular complexity index is 120. The van der Waals surface area contributed by atoms with Gasteiger partial charge in [0.15, 0.2) is 0 Å². The molecule has 2 nitrogen and oxygen atoms in total. The first kappa shape index (κ1) is 8.02. The summed E-state index contributed by atoms with van der Waals surface area (Å²) in [6, 6.07) is 0. The third kappa shape index (κ3) is 1.32. The van der Waals surface area contributed by atoms with Crippen molar-refractivity contribution in [3.8, 4) is 0 Å². The molecular weight excluding hydrogens is 124 g/mol. The van der Waals surface area contributed by atoms with Gasteiger partial charge >= 0.3 is 0 Å². The fourth-order valence-electron chi connectivity index (χ4n) is 1.96. The van der Waals surface area contributed by atoms with Crippen LogP contribution >= 0.6 is 0 Å². The summed E-state index contributed by atoms with van der Waals surface area (Å²) in [4.78, 5) is 2.31. The molecule has 10 heavy (non-hydrogen) atoms. The highest BCUT2D eigenvalue weighted by Crippen LogP contribution is 2.25. The van der Waals surface area contributed by atoms with E-state index in [1.807, 2.05) is 0 Å². The number of rotatable bonds is 1. The van der Waals surface area contributed by atoms with E-state index in [-0.39, 0.29) is 5.54 Å². The first-order chi connectivity index (χ1) is 4.56. The van der Waals surface area contributed by atoms with E-state index in [9.17, 15) is 0 Å². The van der Waals surface area contributed by atoms with Gasteiger partial charge in [-0.3, -0.25) is 0 Å². The second-order valence-electron chi connectivity index (χ2n) is 3.81. The molecule has 0 radical (unpaired) electrons. The Morgan fingerprint density at radius 1 is 1.70 bits per heavy atom. The van der Waals surface area contributed by atoms with Crippen LogP contribution in [0.3, 0.4) is 0 Å². The van der Waals surface area contributed by atoms with E-state index in [0.29, 0.717) is 5.92 Å². The summed E-state index contributed by atoms with van der Waals surface area (Å²) >= 11 is 0. The molecule has 1 saturated heterocycles. The van der Waals surface area contributed by atoms with Crippen LogP contribution in [0.5, 0.6) is 0 Å². The molecule has 0 unspecified atom stereocenters. The number of likely N-dealkylation sites (tertiary alicyclic amines) is 1. The SMILES string of the molecule is CC[C@@H]1CN(C)C[C@]1(C)N. The van der Waals surface area contributed by atoms with E-state index in [0.717, 1.165) is 6.54 Å². The van der Waals surface area contributed by atoms with Gasteiger partial charge in [-0.05, 0) is 19.9 Å². The second kappa shape index (κ2) is 2.51. The van der Waals surface area contributed by atoms with Gasteiger partial charge < -0.3 is 10.6 Å². The molecule has 2 N–H and O–H groups in total. The predicted octanol–water partition coefficient (Wildman–Crippen LogP) is 0.675. The number of hydrogen-bond acceptors (Lipinski definition) is 2. The highest BCUT2D eigenvalue weighted by atomic mass is 15.2. The fraction of sp³-hybridized carbons (Fsp3) is 1.00. The number of nitrogens with two attached hydrogens (primary N) is 1. The van der Waals surface area contributed by atoms with Gasteiger partial charge in [0.05, 0.1) is 0 Å². The molecule has 1 heterocycles. The molecule has 0 amide bonds. The zero-order valence-corrected chi connectivity index (χ0v) is 7.22. The molecule has 1 fully saturated rings. The van der Waals surface area contributed by atoms with Gasteiger partial charge in [-0.25, -0.2) is 0 Å². The molecule has 0 aromatic rings. The average molecular weight is 142 g/mol. The first-order valence-electron chi connectivity index (χ1n) is 4.03. The van der Waals surface area contributed by atoms with Crippen molar-refractivity contribution >= 4 is 0 Å². The van der Waals surface area contributed by atoms with Crippen molar-refractivity contribution in [3.63, 3.8) is 0 Å². The maximum absolute atomic E-state index is 6.08. The van der Waals surface area contributed by atoms with E-state index < -0.39 is 0 Å². The lowest BCUT2D eigenvalue weighted by Crippen LogP contribution is -2.43. The zero-order valence-electron chi connectivity index (χ0n) is 7.22. The smallest absolute Gasteiger partial charge is 0.0295 e.